The molecule has 0 unspecified atom stereocenters. The van der Waals surface area contributed by atoms with Crippen molar-refractivity contribution in [3.05, 3.63) is 94.0 Å². The molecule has 0 radical (unpaired) electrons. The van der Waals surface area contributed by atoms with Crippen LogP contribution in [-0.4, -0.2) is 26.3 Å². The first kappa shape index (κ1) is 21.0. The van der Waals surface area contributed by atoms with E-state index in [1.807, 2.05) is 0 Å². The van der Waals surface area contributed by atoms with Crippen molar-refractivity contribution >= 4 is 33.0 Å². The summed E-state index contributed by atoms with van der Waals surface area (Å²) in [6, 6.07) is 18.5. The lowest BCUT2D eigenvalue weighted by molar-refractivity contribution is -0.385. The minimum Gasteiger partial charge on any atom is -0.321 e. The second-order valence-electron chi connectivity index (χ2n) is 6.50. The van der Waals surface area contributed by atoms with Crippen LogP contribution in [0.5, 0.6) is 0 Å². The molecule has 0 aliphatic rings. The number of hydrogen-bond acceptors (Lipinski definition) is 5. The molecule has 0 heterocycles. The van der Waals surface area contributed by atoms with Crippen molar-refractivity contribution in [3.63, 3.8) is 0 Å². The molecule has 9 heteroatoms. The average Bonchev–Trinajstić information content (AvgIpc) is 2.75. The Balaban J connectivity index is 1.88. The van der Waals surface area contributed by atoms with Gasteiger partial charge < -0.3 is 5.32 Å². The van der Waals surface area contributed by atoms with E-state index in [1.54, 1.807) is 43.3 Å². The van der Waals surface area contributed by atoms with Gasteiger partial charge in [-0.1, -0.05) is 30.3 Å². The first-order chi connectivity index (χ1) is 14.2. The maximum Gasteiger partial charge on any atom is 0.274 e. The lowest BCUT2D eigenvalue weighted by atomic mass is 10.1. The predicted molar refractivity (Wildman–Crippen MR) is 114 cm³/mol. The summed E-state index contributed by atoms with van der Waals surface area (Å²) in [4.78, 5) is 23.4. The summed E-state index contributed by atoms with van der Waals surface area (Å²) in [5.74, 6) is -0.508. The molecule has 3 aromatic carbocycles. The summed E-state index contributed by atoms with van der Waals surface area (Å²) in [5, 5.41) is 13.7. The Labute approximate surface area is 174 Å². The molecule has 3 rings (SSSR count). The van der Waals surface area contributed by atoms with Gasteiger partial charge in [0.1, 0.15) is 0 Å². The standard InChI is InChI=1S/C21H19N3O5S/c1-15-19(12-7-13-20(15)24(26)27)22-21(25)16-8-6-9-17(14-16)23(2)30(28,29)18-10-4-3-5-11-18/h3-14H,1-2H3,(H,22,25). The fourth-order valence-electron chi connectivity index (χ4n) is 2.88. The number of carbonyl (C=O) groups excluding carboxylic acids is 1. The molecule has 3 aromatic rings. The number of anilines is 2. The Hall–Kier alpha value is -3.72. The number of amides is 1. The lowest BCUT2D eigenvalue weighted by Gasteiger charge is -2.20. The van der Waals surface area contributed by atoms with Gasteiger partial charge in [0, 0.05) is 18.7 Å². The molecule has 0 aliphatic carbocycles. The minimum atomic E-state index is -3.79. The molecule has 0 bridgehead atoms. The Bertz CT molecular complexity index is 1210. The summed E-state index contributed by atoms with van der Waals surface area (Å²) in [5.41, 5.74) is 1.06. The topological polar surface area (TPSA) is 110 Å². The van der Waals surface area contributed by atoms with Crippen LogP contribution in [0.4, 0.5) is 17.1 Å². The minimum absolute atomic E-state index is 0.102. The number of sulfonamides is 1. The van der Waals surface area contributed by atoms with Crippen molar-refractivity contribution in [2.24, 2.45) is 0 Å². The van der Waals surface area contributed by atoms with E-state index in [-0.39, 0.29) is 16.1 Å². The maximum absolute atomic E-state index is 12.8. The van der Waals surface area contributed by atoms with E-state index in [9.17, 15) is 23.3 Å². The van der Waals surface area contributed by atoms with Crippen LogP contribution in [0, 0.1) is 17.0 Å². The van der Waals surface area contributed by atoms with Gasteiger partial charge in [-0.2, -0.15) is 0 Å². The summed E-state index contributed by atoms with van der Waals surface area (Å²) < 4.78 is 26.7. The van der Waals surface area contributed by atoms with Gasteiger partial charge >= 0.3 is 0 Å². The molecular weight excluding hydrogens is 406 g/mol. The van der Waals surface area contributed by atoms with E-state index < -0.39 is 20.9 Å². The highest BCUT2D eigenvalue weighted by molar-refractivity contribution is 7.92. The molecule has 154 valence electrons. The first-order valence-electron chi connectivity index (χ1n) is 8.91. The molecule has 30 heavy (non-hydrogen) atoms. The quantitative estimate of drug-likeness (QED) is 0.474. The number of benzene rings is 3. The SMILES string of the molecule is Cc1c(NC(=O)c2cccc(N(C)S(=O)(=O)c3ccccc3)c2)cccc1[N+](=O)[O-]. The molecule has 0 aromatic heterocycles. The van der Waals surface area contributed by atoms with Crippen molar-refractivity contribution in [1.29, 1.82) is 0 Å². The number of nitrogens with zero attached hydrogens (tertiary/aromatic N) is 2. The largest absolute Gasteiger partial charge is 0.321 e. The Morgan fingerprint density at radius 2 is 1.67 bits per heavy atom. The molecular formula is C21H19N3O5S. The van der Waals surface area contributed by atoms with Crippen molar-refractivity contribution in [3.8, 4) is 0 Å². The Kier molecular flexibility index (Phi) is 5.84. The van der Waals surface area contributed by atoms with Gasteiger partial charge in [0.15, 0.2) is 0 Å². The van der Waals surface area contributed by atoms with Gasteiger partial charge in [0.2, 0.25) is 0 Å². The van der Waals surface area contributed by atoms with Crippen LogP contribution in [0.25, 0.3) is 0 Å². The van der Waals surface area contributed by atoms with Gasteiger partial charge in [0.05, 0.1) is 26.8 Å². The van der Waals surface area contributed by atoms with Crippen molar-refractivity contribution in [1.82, 2.24) is 0 Å². The zero-order valence-electron chi connectivity index (χ0n) is 16.3. The van der Waals surface area contributed by atoms with Crippen LogP contribution in [0.15, 0.2) is 77.7 Å². The second kappa shape index (κ2) is 8.34. The van der Waals surface area contributed by atoms with E-state index in [0.717, 1.165) is 4.31 Å². The maximum atomic E-state index is 12.8. The number of hydrogen-bond donors (Lipinski definition) is 1. The van der Waals surface area contributed by atoms with Crippen LogP contribution in [0.3, 0.4) is 0 Å². The Morgan fingerprint density at radius 1 is 1.00 bits per heavy atom. The highest BCUT2D eigenvalue weighted by Gasteiger charge is 2.22. The zero-order chi connectivity index (χ0) is 21.9. The average molecular weight is 425 g/mol. The van der Waals surface area contributed by atoms with Crippen molar-refractivity contribution < 1.29 is 18.1 Å². The van der Waals surface area contributed by atoms with Gasteiger partial charge in [-0.3, -0.25) is 19.2 Å². The third-order valence-corrected chi connectivity index (χ3v) is 6.42. The van der Waals surface area contributed by atoms with Crippen LogP contribution in [0.1, 0.15) is 15.9 Å². The molecule has 0 atom stereocenters. The van der Waals surface area contributed by atoms with E-state index in [2.05, 4.69) is 5.32 Å². The molecule has 0 saturated heterocycles. The molecule has 8 nitrogen and oxygen atoms in total. The smallest absolute Gasteiger partial charge is 0.274 e. The summed E-state index contributed by atoms with van der Waals surface area (Å²) >= 11 is 0. The Morgan fingerprint density at radius 3 is 2.33 bits per heavy atom. The van der Waals surface area contributed by atoms with Gasteiger partial charge in [-0.05, 0) is 43.3 Å². The van der Waals surface area contributed by atoms with E-state index in [1.165, 1.54) is 43.4 Å². The van der Waals surface area contributed by atoms with Crippen LogP contribution in [0.2, 0.25) is 0 Å². The number of nitrogens with one attached hydrogen (secondary N) is 1. The third kappa shape index (κ3) is 4.15. The fourth-order valence-corrected chi connectivity index (χ4v) is 4.09. The fraction of sp³-hybridized carbons (Fsp3) is 0.0952. The molecule has 1 amide bonds. The van der Waals surface area contributed by atoms with E-state index in [0.29, 0.717) is 16.9 Å². The summed E-state index contributed by atoms with van der Waals surface area (Å²) in [6.07, 6.45) is 0. The number of nitro groups is 1. The first-order valence-corrected chi connectivity index (χ1v) is 10.3. The lowest BCUT2D eigenvalue weighted by Crippen LogP contribution is -2.26. The summed E-state index contributed by atoms with van der Waals surface area (Å²) in [7, 11) is -2.38. The zero-order valence-corrected chi connectivity index (χ0v) is 17.1. The monoisotopic (exact) mass is 425 g/mol. The molecule has 0 saturated carbocycles. The summed E-state index contributed by atoms with van der Waals surface area (Å²) in [6.45, 7) is 1.55. The second-order valence-corrected chi connectivity index (χ2v) is 8.47. The highest BCUT2D eigenvalue weighted by Crippen LogP contribution is 2.27. The van der Waals surface area contributed by atoms with Crippen LogP contribution in [-0.2, 0) is 10.0 Å². The van der Waals surface area contributed by atoms with Crippen LogP contribution < -0.4 is 9.62 Å². The van der Waals surface area contributed by atoms with Crippen LogP contribution >= 0.6 is 0 Å². The molecule has 0 aliphatic heterocycles. The van der Waals surface area contributed by atoms with Gasteiger partial charge in [-0.15, -0.1) is 0 Å². The van der Waals surface area contributed by atoms with Gasteiger partial charge in [0.25, 0.3) is 21.6 Å². The number of carbonyl (C=O) groups is 1. The molecule has 1 N–H and O–H groups in total. The van der Waals surface area contributed by atoms with Gasteiger partial charge in [-0.25, -0.2) is 8.42 Å². The van der Waals surface area contributed by atoms with E-state index >= 15 is 0 Å². The van der Waals surface area contributed by atoms with E-state index in [4.69, 9.17) is 0 Å². The predicted octanol–water partition coefficient (Wildman–Crippen LogP) is 3.98. The normalized spacial score (nSPS) is 11.0. The van der Waals surface area contributed by atoms with Crippen molar-refractivity contribution in [2.45, 2.75) is 11.8 Å². The molecule has 0 spiro atoms. The third-order valence-electron chi connectivity index (χ3n) is 4.62. The molecule has 0 fully saturated rings. The van der Waals surface area contributed by atoms with Crippen molar-refractivity contribution in [2.75, 3.05) is 16.7 Å². The number of nitro benzene ring substituents is 1. The highest BCUT2D eigenvalue weighted by atomic mass is 32.2. The number of rotatable bonds is 6.